The molecule has 140 valence electrons. The summed E-state index contributed by atoms with van der Waals surface area (Å²) in [5.41, 5.74) is 2.21. The van der Waals surface area contributed by atoms with Gasteiger partial charge in [0, 0.05) is 18.5 Å². The topological polar surface area (TPSA) is 106 Å². The number of aromatic nitrogens is 5. The maximum Gasteiger partial charge on any atom is 0.258 e. The molecule has 0 saturated carbocycles. The molecule has 0 spiro atoms. The lowest BCUT2D eigenvalue weighted by Gasteiger charge is -2.07. The van der Waals surface area contributed by atoms with Crippen molar-refractivity contribution >= 4 is 22.5 Å². The highest BCUT2D eigenvalue weighted by molar-refractivity contribution is 5.90. The lowest BCUT2D eigenvalue weighted by atomic mass is 10.2. The van der Waals surface area contributed by atoms with Crippen molar-refractivity contribution in [2.45, 2.75) is 19.4 Å². The number of hydrogen-bond acceptors (Lipinski definition) is 5. The van der Waals surface area contributed by atoms with Crippen molar-refractivity contribution < 1.29 is 4.79 Å². The SMILES string of the molecule is O=C(CCc1nc2ccccc2c(=O)[nH]1)Nc1ccc(Cn2cncn2)cc1. The number of nitrogens with zero attached hydrogens (tertiary/aromatic N) is 4. The molecular weight excluding hydrogens is 356 g/mol. The van der Waals surface area contributed by atoms with Crippen LogP contribution < -0.4 is 10.9 Å². The third-order valence-electron chi connectivity index (χ3n) is 4.30. The van der Waals surface area contributed by atoms with Crippen molar-refractivity contribution in [2.24, 2.45) is 0 Å². The molecule has 2 N–H and O–H groups in total. The van der Waals surface area contributed by atoms with Gasteiger partial charge in [0.25, 0.3) is 5.56 Å². The second-order valence-corrected chi connectivity index (χ2v) is 6.37. The lowest BCUT2D eigenvalue weighted by molar-refractivity contribution is -0.116. The van der Waals surface area contributed by atoms with Gasteiger partial charge in [-0.3, -0.25) is 9.59 Å². The number of aromatic amines is 1. The molecule has 0 radical (unpaired) electrons. The first-order chi connectivity index (χ1) is 13.7. The van der Waals surface area contributed by atoms with Crippen molar-refractivity contribution in [3.8, 4) is 0 Å². The predicted molar refractivity (Wildman–Crippen MR) is 105 cm³/mol. The fourth-order valence-electron chi connectivity index (χ4n) is 2.90. The van der Waals surface area contributed by atoms with Gasteiger partial charge in [-0.15, -0.1) is 0 Å². The Hall–Kier alpha value is -3.81. The molecule has 8 heteroatoms. The summed E-state index contributed by atoms with van der Waals surface area (Å²) in [5.74, 6) is 0.363. The Morgan fingerprint density at radius 3 is 2.71 bits per heavy atom. The van der Waals surface area contributed by atoms with E-state index in [1.807, 2.05) is 30.3 Å². The quantitative estimate of drug-likeness (QED) is 0.538. The molecule has 0 atom stereocenters. The molecule has 0 saturated heterocycles. The van der Waals surface area contributed by atoms with E-state index in [1.54, 1.807) is 29.2 Å². The molecule has 0 fully saturated rings. The van der Waals surface area contributed by atoms with E-state index in [2.05, 4.69) is 25.4 Å². The summed E-state index contributed by atoms with van der Waals surface area (Å²) in [7, 11) is 0. The molecule has 2 aromatic carbocycles. The van der Waals surface area contributed by atoms with Gasteiger partial charge >= 0.3 is 0 Å². The number of hydrogen-bond donors (Lipinski definition) is 2. The summed E-state index contributed by atoms with van der Waals surface area (Å²) in [5, 5.41) is 7.46. The number of benzene rings is 2. The number of aryl methyl sites for hydroxylation is 1. The van der Waals surface area contributed by atoms with E-state index in [1.165, 1.54) is 6.33 Å². The van der Waals surface area contributed by atoms with Crippen LogP contribution in [0.3, 0.4) is 0 Å². The number of para-hydroxylation sites is 1. The van der Waals surface area contributed by atoms with Gasteiger partial charge in [-0.05, 0) is 29.8 Å². The molecule has 4 rings (SSSR count). The van der Waals surface area contributed by atoms with Crippen LogP contribution in [-0.4, -0.2) is 30.6 Å². The first kappa shape index (κ1) is 17.6. The van der Waals surface area contributed by atoms with Gasteiger partial charge in [0.05, 0.1) is 17.4 Å². The third-order valence-corrected chi connectivity index (χ3v) is 4.30. The average molecular weight is 374 g/mol. The molecule has 2 heterocycles. The minimum Gasteiger partial charge on any atom is -0.326 e. The summed E-state index contributed by atoms with van der Waals surface area (Å²) in [4.78, 5) is 35.4. The van der Waals surface area contributed by atoms with Gasteiger partial charge < -0.3 is 10.3 Å². The van der Waals surface area contributed by atoms with Crippen LogP contribution in [0.25, 0.3) is 10.9 Å². The van der Waals surface area contributed by atoms with Crippen molar-refractivity contribution in [3.63, 3.8) is 0 Å². The number of rotatable bonds is 6. The smallest absolute Gasteiger partial charge is 0.258 e. The van der Waals surface area contributed by atoms with Crippen molar-refractivity contribution in [3.05, 3.63) is 82.9 Å². The summed E-state index contributed by atoms with van der Waals surface area (Å²) in [6, 6.07) is 14.7. The van der Waals surface area contributed by atoms with Gasteiger partial charge in [0.1, 0.15) is 18.5 Å². The number of nitrogens with one attached hydrogen (secondary N) is 2. The van der Waals surface area contributed by atoms with E-state index in [-0.39, 0.29) is 17.9 Å². The normalized spacial score (nSPS) is 10.9. The summed E-state index contributed by atoms with van der Waals surface area (Å²) >= 11 is 0. The largest absolute Gasteiger partial charge is 0.326 e. The minimum absolute atomic E-state index is 0.139. The number of fused-ring (bicyclic) bond motifs is 1. The van der Waals surface area contributed by atoms with E-state index in [0.717, 1.165) is 5.56 Å². The van der Waals surface area contributed by atoms with E-state index in [9.17, 15) is 9.59 Å². The van der Waals surface area contributed by atoms with Crippen LogP contribution in [0, 0.1) is 0 Å². The van der Waals surface area contributed by atoms with Gasteiger partial charge in [0.15, 0.2) is 0 Å². The Kier molecular flexibility index (Phi) is 4.92. The molecule has 0 bridgehead atoms. The summed E-state index contributed by atoms with van der Waals surface area (Å²) in [6.45, 7) is 0.620. The second kappa shape index (κ2) is 7.83. The maximum atomic E-state index is 12.2. The monoisotopic (exact) mass is 374 g/mol. The number of carbonyl (C=O) groups excluding carboxylic acids is 1. The van der Waals surface area contributed by atoms with Crippen LogP contribution >= 0.6 is 0 Å². The molecule has 2 aromatic heterocycles. The molecule has 8 nitrogen and oxygen atoms in total. The van der Waals surface area contributed by atoms with E-state index in [0.29, 0.717) is 35.4 Å². The fraction of sp³-hybridized carbons (Fsp3) is 0.150. The zero-order valence-corrected chi connectivity index (χ0v) is 15.0. The molecule has 4 aromatic rings. The van der Waals surface area contributed by atoms with E-state index >= 15 is 0 Å². The molecule has 0 aliphatic carbocycles. The van der Waals surface area contributed by atoms with Crippen LogP contribution in [0.4, 0.5) is 5.69 Å². The van der Waals surface area contributed by atoms with Crippen LogP contribution in [0.15, 0.2) is 66.0 Å². The molecule has 1 amide bonds. The highest BCUT2D eigenvalue weighted by Crippen LogP contribution is 2.12. The number of carbonyl (C=O) groups is 1. The van der Waals surface area contributed by atoms with Crippen molar-refractivity contribution in [2.75, 3.05) is 5.32 Å². The van der Waals surface area contributed by atoms with Gasteiger partial charge in [0.2, 0.25) is 5.91 Å². The van der Waals surface area contributed by atoms with Crippen LogP contribution in [0.5, 0.6) is 0 Å². The fourth-order valence-corrected chi connectivity index (χ4v) is 2.90. The highest BCUT2D eigenvalue weighted by Gasteiger charge is 2.07. The Morgan fingerprint density at radius 1 is 1.11 bits per heavy atom. The highest BCUT2D eigenvalue weighted by atomic mass is 16.1. The standard InChI is InChI=1S/C20H18N6O2/c27-19(10-9-18-24-17-4-2-1-3-16(17)20(28)25-18)23-15-7-5-14(6-8-15)11-26-13-21-12-22-26/h1-8,12-13H,9-11H2,(H,23,27)(H,24,25,28). The maximum absolute atomic E-state index is 12.2. The first-order valence-electron chi connectivity index (χ1n) is 8.86. The predicted octanol–water partition coefficient (Wildman–Crippen LogP) is 2.13. The molecular formula is C20H18N6O2. The van der Waals surface area contributed by atoms with E-state index in [4.69, 9.17) is 0 Å². The average Bonchev–Trinajstić information content (AvgIpc) is 3.21. The van der Waals surface area contributed by atoms with Gasteiger partial charge in [-0.2, -0.15) is 5.10 Å². The van der Waals surface area contributed by atoms with E-state index < -0.39 is 0 Å². The number of anilines is 1. The number of amides is 1. The molecule has 0 unspecified atom stereocenters. The van der Waals surface area contributed by atoms with Gasteiger partial charge in [-0.25, -0.2) is 14.6 Å². The van der Waals surface area contributed by atoms with Crippen LogP contribution in [-0.2, 0) is 17.8 Å². The van der Waals surface area contributed by atoms with Crippen LogP contribution in [0.1, 0.15) is 17.8 Å². The second-order valence-electron chi connectivity index (χ2n) is 6.37. The zero-order chi connectivity index (χ0) is 19.3. The van der Waals surface area contributed by atoms with Gasteiger partial charge in [-0.1, -0.05) is 24.3 Å². The summed E-state index contributed by atoms with van der Waals surface area (Å²) in [6.07, 6.45) is 3.73. The Labute approximate surface area is 160 Å². The Balaban J connectivity index is 1.35. The number of H-pyrrole nitrogens is 1. The summed E-state index contributed by atoms with van der Waals surface area (Å²) < 4.78 is 1.73. The molecule has 28 heavy (non-hydrogen) atoms. The lowest BCUT2D eigenvalue weighted by Crippen LogP contribution is -2.16. The van der Waals surface area contributed by atoms with Crippen molar-refractivity contribution in [1.82, 2.24) is 24.7 Å². The Morgan fingerprint density at radius 2 is 1.93 bits per heavy atom. The van der Waals surface area contributed by atoms with Crippen LogP contribution in [0.2, 0.25) is 0 Å². The first-order valence-corrected chi connectivity index (χ1v) is 8.86. The molecule has 0 aliphatic rings. The zero-order valence-electron chi connectivity index (χ0n) is 15.0. The Bertz CT molecular complexity index is 1150. The minimum atomic E-state index is -0.191. The third kappa shape index (κ3) is 4.12. The van der Waals surface area contributed by atoms with Crippen molar-refractivity contribution in [1.29, 1.82) is 0 Å². The molecule has 0 aliphatic heterocycles.